The predicted molar refractivity (Wildman–Crippen MR) is 87.7 cm³/mol. The zero-order valence-corrected chi connectivity index (χ0v) is 14.5. The third-order valence-electron chi connectivity index (χ3n) is 3.18. The number of benzene rings is 1. The van der Waals surface area contributed by atoms with Crippen LogP contribution in [0.3, 0.4) is 0 Å². The zero-order chi connectivity index (χ0) is 17.0. The van der Waals surface area contributed by atoms with Gasteiger partial charge in [-0.25, -0.2) is 4.39 Å². The minimum atomic E-state index is -2.36. The van der Waals surface area contributed by atoms with Crippen molar-refractivity contribution < 1.29 is 17.9 Å². The van der Waals surface area contributed by atoms with Crippen LogP contribution in [0.5, 0.6) is 5.75 Å². The number of hydrogen-bond acceptors (Lipinski definition) is 3. The van der Waals surface area contributed by atoms with Gasteiger partial charge in [-0.05, 0) is 49.4 Å². The molecule has 0 bridgehead atoms. The average Bonchev–Trinajstić information content (AvgIpc) is 2.49. The molecule has 0 amide bonds. The minimum Gasteiger partial charge on any atom is -0.760 e. The molecule has 1 aromatic carbocycles. The summed E-state index contributed by atoms with van der Waals surface area (Å²) < 4.78 is 36.4. The summed E-state index contributed by atoms with van der Waals surface area (Å²) in [6, 6.07) is 4.83. The van der Waals surface area contributed by atoms with E-state index in [1.165, 1.54) is 25.3 Å². The Morgan fingerprint density at radius 1 is 1.41 bits per heavy atom. The van der Waals surface area contributed by atoms with E-state index in [2.05, 4.69) is 12.1 Å². The second kappa shape index (κ2) is 12.6. The van der Waals surface area contributed by atoms with Gasteiger partial charge in [-0.2, -0.15) is 0 Å². The van der Waals surface area contributed by atoms with Gasteiger partial charge in [-0.15, -0.1) is 0 Å². The summed E-state index contributed by atoms with van der Waals surface area (Å²) in [4.78, 5) is 0. The molecule has 1 heterocycles. The van der Waals surface area contributed by atoms with E-state index < -0.39 is 11.3 Å². The van der Waals surface area contributed by atoms with Gasteiger partial charge >= 0.3 is 0 Å². The smallest absolute Gasteiger partial charge is 0.123 e. The van der Waals surface area contributed by atoms with E-state index >= 15 is 0 Å². The van der Waals surface area contributed by atoms with Crippen LogP contribution in [0.1, 0.15) is 58.4 Å². The lowest BCUT2D eigenvalue weighted by Crippen LogP contribution is -2.22. The van der Waals surface area contributed by atoms with Gasteiger partial charge in [-0.1, -0.05) is 33.6 Å². The molecule has 128 valence electrons. The average molecular weight is 332 g/mol. The fourth-order valence-electron chi connectivity index (χ4n) is 2.24. The first-order chi connectivity index (χ1) is 10.5. The standard InChI is InChI=1S/C14H19FO.C2H6.H3NO2S/c1-2-3-4-5-13-8-6-11-10-12(15)7-9-14(11)16-13;1-2;1-4(2)3/h7,9-10,13H,2-6,8H2,1H3;1-2H3;1H2,(H,2,3)/p-1. The number of ether oxygens (including phenoxy) is 1. The van der Waals surface area contributed by atoms with E-state index in [1.54, 1.807) is 12.1 Å². The topological polar surface area (TPSA) is 75.4 Å². The maximum atomic E-state index is 13.0. The highest BCUT2D eigenvalue weighted by Crippen LogP contribution is 2.29. The lowest BCUT2D eigenvalue weighted by atomic mass is 9.98. The Labute approximate surface area is 135 Å². The summed E-state index contributed by atoms with van der Waals surface area (Å²) in [7, 11) is 0. The second-order valence-corrected chi connectivity index (χ2v) is 5.31. The number of aryl methyl sites for hydroxylation is 1. The molecule has 0 radical (unpaired) electrons. The van der Waals surface area contributed by atoms with Crippen LogP contribution in [0.2, 0.25) is 0 Å². The molecule has 2 unspecified atom stereocenters. The third-order valence-corrected chi connectivity index (χ3v) is 3.18. The first-order valence-electron chi connectivity index (χ1n) is 7.81. The van der Waals surface area contributed by atoms with Crippen molar-refractivity contribution in [2.75, 3.05) is 0 Å². The normalized spacial score (nSPS) is 16.9. The molecule has 0 fully saturated rings. The third kappa shape index (κ3) is 9.12. The Hall–Kier alpha value is -0.980. The van der Waals surface area contributed by atoms with E-state index in [0.717, 1.165) is 30.6 Å². The molecule has 0 saturated carbocycles. The van der Waals surface area contributed by atoms with E-state index in [-0.39, 0.29) is 5.82 Å². The molecule has 2 rings (SSSR count). The van der Waals surface area contributed by atoms with E-state index in [4.69, 9.17) is 13.5 Å². The van der Waals surface area contributed by atoms with E-state index in [0.29, 0.717) is 6.10 Å². The van der Waals surface area contributed by atoms with Crippen molar-refractivity contribution in [3.05, 3.63) is 29.6 Å². The summed E-state index contributed by atoms with van der Waals surface area (Å²) >= 11 is -2.36. The van der Waals surface area contributed by atoms with Gasteiger partial charge in [0, 0.05) is 11.3 Å². The number of hydrogen-bond donors (Lipinski definition) is 1. The second-order valence-electron chi connectivity index (χ2n) is 4.79. The van der Waals surface area contributed by atoms with Gasteiger partial charge < -0.3 is 9.29 Å². The van der Waals surface area contributed by atoms with Crippen molar-refractivity contribution >= 4 is 11.3 Å². The van der Waals surface area contributed by atoms with Crippen LogP contribution < -0.4 is 9.88 Å². The van der Waals surface area contributed by atoms with Crippen molar-refractivity contribution in [1.29, 1.82) is 0 Å². The van der Waals surface area contributed by atoms with Crippen LogP contribution in [0, 0.1) is 5.82 Å². The zero-order valence-electron chi connectivity index (χ0n) is 13.6. The first-order valence-corrected chi connectivity index (χ1v) is 8.95. The van der Waals surface area contributed by atoms with Crippen molar-refractivity contribution in [2.24, 2.45) is 5.14 Å². The Morgan fingerprint density at radius 3 is 2.64 bits per heavy atom. The van der Waals surface area contributed by atoms with Gasteiger partial charge in [0.25, 0.3) is 0 Å². The lowest BCUT2D eigenvalue weighted by Gasteiger charge is -2.26. The molecular weight excluding hydrogens is 305 g/mol. The summed E-state index contributed by atoms with van der Waals surface area (Å²) in [5.74, 6) is 0.723. The monoisotopic (exact) mass is 332 g/mol. The largest absolute Gasteiger partial charge is 0.760 e. The maximum Gasteiger partial charge on any atom is 0.123 e. The van der Waals surface area contributed by atoms with Crippen LogP contribution in [0.25, 0.3) is 0 Å². The highest BCUT2D eigenvalue weighted by Gasteiger charge is 2.19. The molecule has 2 atom stereocenters. The van der Waals surface area contributed by atoms with Crippen LogP contribution in [-0.4, -0.2) is 14.9 Å². The van der Waals surface area contributed by atoms with Crippen molar-refractivity contribution in [2.45, 2.75) is 65.4 Å². The van der Waals surface area contributed by atoms with Crippen LogP contribution >= 0.6 is 0 Å². The fraction of sp³-hybridized carbons (Fsp3) is 0.625. The number of fused-ring (bicyclic) bond motifs is 1. The first kappa shape index (κ1) is 21.0. The van der Waals surface area contributed by atoms with Gasteiger partial charge in [0.1, 0.15) is 11.6 Å². The van der Waals surface area contributed by atoms with Gasteiger partial charge in [-0.3, -0.25) is 9.35 Å². The molecule has 22 heavy (non-hydrogen) atoms. The molecule has 0 saturated heterocycles. The van der Waals surface area contributed by atoms with Crippen LogP contribution in [0.4, 0.5) is 4.39 Å². The molecule has 0 aromatic heterocycles. The summed E-state index contributed by atoms with van der Waals surface area (Å²) in [6.45, 7) is 6.21. The van der Waals surface area contributed by atoms with Crippen molar-refractivity contribution in [1.82, 2.24) is 0 Å². The molecule has 2 N–H and O–H groups in total. The highest BCUT2D eigenvalue weighted by molar-refractivity contribution is 7.76. The van der Waals surface area contributed by atoms with Gasteiger partial charge in [0.05, 0.1) is 6.10 Å². The molecule has 1 aromatic rings. The Bertz CT molecular complexity index is 439. The quantitative estimate of drug-likeness (QED) is 0.672. The molecule has 1 aliphatic heterocycles. The van der Waals surface area contributed by atoms with Crippen LogP contribution in [-0.2, 0) is 17.7 Å². The van der Waals surface area contributed by atoms with E-state index in [9.17, 15) is 4.39 Å². The molecule has 0 spiro atoms. The van der Waals surface area contributed by atoms with Gasteiger partial charge in [0.2, 0.25) is 0 Å². The Kier molecular flexibility index (Phi) is 12.0. The Morgan fingerprint density at radius 2 is 2.05 bits per heavy atom. The number of halogens is 1. The Balaban J connectivity index is 0.000000640. The van der Waals surface area contributed by atoms with E-state index in [1.807, 2.05) is 13.8 Å². The lowest BCUT2D eigenvalue weighted by molar-refractivity contribution is 0.160. The van der Waals surface area contributed by atoms with Crippen molar-refractivity contribution in [3.63, 3.8) is 0 Å². The fourth-order valence-corrected chi connectivity index (χ4v) is 2.24. The van der Waals surface area contributed by atoms with Crippen molar-refractivity contribution in [3.8, 4) is 5.75 Å². The highest BCUT2D eigenvalue weighted by atomic mass is 32.2. The van der Waals surface area contributed by atoms with Crippen LogP contribution in [0.15, 0.2) is 18.2 Å². The summed E-state index contributed by atoms with van der Waals surface area (Å²) in [5.41, 5.74) is 1.02. The molecule has 0 aliphatic carbocycles. The minimum absolute atomic E-state index is 0.160. The molecular formula is C16H27FNO3S-. The summed E-state index contributed by atoms with van der Waals surface area (Å²) in [5, 5.41) is 4.03. The van der Waals surface area contributed by atoms with Gasteiger partial charge in [0.15, 0.2) is 0 Å². The number of unbranched alkanes of at least 4 members (excludes halogenated alkanes) is 2. The summed E-state index contributed by atoms with van der Waals surface area (Å²) in [6.07, 6.45) is 7.20. The molecule has 1 aliphatic rings. The molecule has 6 heteroatoms. The maximum absolute atomic E-state index is 13.0. The number of rotatable bonds is 4. The SMILES string of the molecule is CC.CCCCCC1CCc2cc(F)ccc2O1.NS(=O)[O-]. The number of nitrogens with two attached hydrogens (primary N) is 1. The molecule has 4 nitrogen and oxygen atoms in total. The predicted octanol–water partition coefficient (Wildman–Crippen LogP) is 3.87.